The third-order valence-corrected chi connectivity index (χ3v) is 7.91. The van der Waals surface area contributed by atoms with Crippen LogP contribution in [-0.4, -0.2) is 26.7 Å². The number of pyridine rings is 2. The smallest absolute Gasteiger partial charge is 0.343 e. The summed E-state index contributed by atoms with van der Waals surface area (Å²) < 4.78 is 21.7. The first-order valence-corrected chi connectivity index (χ1v) is 13.2. The van der Waals surface area contributed by atoms with Crippen LogP contribution < -0.4 is 10.9 Å². The molecule has 6 rings (SSSR count). The van der Waals surface area contributed by atoms with Gasteiger partial charge in [-0.2, -0.15) is 0 Å². The Bertz CT molecular complexity index is 1510. The highest BCUT2D eigenvalue weighted by Gasteiger charge is 2.45. The van der Waals surface area contributed by atoms with Crippen molar-refractivity contribution in [3.8, 4) is 11.4 Å². The molecule has 3 aliphatic rings. The van der Waals surface area contributed by atoms with Crippen LogP contribution in [0.2, 0.25) is 0 Å². The Labute approximate surface area is 215 Å². The molecule has 0 amide bonds. The zero-order chi connectivity index (χ0) is 26.8. The minimum absolute atomic E-state index is 0.0451. The Hall–Kier alpha value is -3.10. The molecule has 37 heavy (non-hydrogen) atoms. The summed E-state index contributed by atoms with van der Waals surface area (Å²) in [6.07, 6.45) is 1.65. The summed E-state index contributed by atoms with van der Waals surface area (Å²) in [5.74, 6) is -1.04. The van der Waals surface area contributed by atoms with Gasteiger partial charge in [0.25, 0.3) is 5.56 Å². The normalized spacial score (nSPS) is 21.2. The maximum absolute atomic E-state index is 14.9. The van der Waals surface area contributed by atoms with Crippen molar-refractivity contribution >= 4 is 16.9 Å². The topological polar surface area (TPSA) is 93.5 Å². The van der Waals surface area contributed by atoms with Crippen LogP contribution in [0.15, 0.2) is 16.9 Å². The van der Waals surface area contributed by atoms with Crippen molar-refractivity contribution in [3.05, 3.63) is 61.7 Å². The zero-order valence-electron chi connectivity index (χ0n) is 22.3. The first-order chi connectivity index (χ1) is 17.7. The van der Waals surface area contributed by atoms with E-state index in [0.29, 0.717) is 34.6 Å². The van der Waals surface area contributed by atoms with Gasteiger partial charge in [0.15, 0.2) is 5.60 Å². The maximum atomic E-state index is 14.9. The van der Waals surface area contributed by atoms with E-state index >= 15 is 0 Å². The Kier molecular flexibility index (Phi) is 6.23. The summed E-state index contributed by atoms with van der Waals surface area (Å²) in [6.45, 7) is 11.9. The average molecular weight is 508 g/mol. The van der Waals surface area contributed by atoms with Crippen LogP contribution in [0.3, 0.4) is 0 Å². The fraction of sp³-hybridized carbons (Fsp3) is 0.483. The number of aromatic nitrogens is 2. The SMILES string of the molecule is CC.CCC1(O)C(=O)OCc2c1cc1n(c2=O)Cc2c-1nc1cc(F)c(C)c3c1c2C(NC(C)C)CC3. The molecule has 3 aromatic rings. The van der Waals surface area contributed by atoms with Gasteiger partial charge in [0, 0.05) is 34.7 Å². The number of aryl methyl sites for hydroxylation is 1. The molecule has 0 saturated heterocycles. The molecule has 1 aliphatic carbocycles. The fourth-order valence-electron chi connectivity index (χ4n) is 6.12. The first kappa shape index (κ1) is 25.5. The Morgan fingerprint density at radius 3 is 2.65 bits per heavy atom. The molecule has 2 N–H and O–H groups in total. The number of benzene rings is 1. The predicted octanol–water partition coefficient (Wildman–Crippen LogP) is 4.54. The molecule has 196 valence electrons. The number of carbonyl (C=O) groups is 1. The molecular formula is C29H34FN3O4. The third kappa shape index (κ3) is 3.56. The molecule has 2 unspecified atom stereocenters. The van der Waals surface area contributed by atoms with Gasteiger partial charge in [-0.05, 0) is 48.9 Å². The van der Waals surface area contributed by atoms with Crippen LogP contribution in [0.25, 0.3) is 22.3 Å². The maximum Gasteiger partial charge on any atom is 0.343 e. The number of nitrogens with zero attached hydrogens (tertiary/aromatic N) is 2. The van der Waals surface area contributed by atoms with Crippen LogP contribution in [0.4, 0.5) is 4.39 Å². The molecule has 0 fully saturated rings. The van der Waals surface area contributed by atoms with Crippen LogP contribution in [0.5, 0.6) is 0 Å². The van der Waals surface area contributed by atoms with E-state index in [0.717, 1.165) is 34.9 Å². The minimum Gasteiger partial charge on any atom is -0.458 e. The number of fused-ring (bicyclic) bond motifs is 5. The zero-order valence-corrected chi connectivity index (χ0v) is 22.3. The van der Waals surface area contributed by atoms with E-state index in [-0.39, 0.29) is 42.1 Å². The molecule has 0 spiro atoms. The molecule has 2 aromatic heterocycles. The fourth-order valence-corrected chi connectivity index (χ4v) is 6.12. The second-order valence-corrected chi connectivity index (χ2v) is 10.2. The molecule has 1 aromatic carbocycles. The van der Waals surface area contributed by atoms with Crippen LogP contribution in [-0.2, 0) is 34.7 Å². The monoisotopic (exact) mass is 507 g/mol. The van der Waals surface area contributed by atoms with Crippen molar-refractivity contribution < 1.29 is 19.0 Å². The summed E-state index contributed by atoms with van der Waals surface area (Å²) in [5, 5.41) is 15.8. The van der Waals surface area contributed by atoms with Crippen molar-refractivity contribution in [2.24, 2.45) is 0 Å². The van der Waals surface area contributed by atoms with Gasteiger partial charge in [0.1, 0.15) is 12.4 Å². The van der Waals surface area contributed by atoms with Crippen molar-refractivity contribution in [3.63, 3.8) is 0 Å². The number of halogens is 1. The number of ether oxygens (including phenoxy) is 1. The highest BCUT2D eigenvalue weighted by atomic mass is 19.1. The van der Waals surface area contributed by atoms with E-state index < -0.39 is 11.6 Å². The highest BCUT2D eigenvalue weighted by Crippen LogP contribution is 2.46. The van der Waals surface area contributed by atoms with E-state index in [1.807, 2.05) is 20.8 Å². The number of cyclic esters (lactones) is 1. The molecular weight excluding hydrogens is 473 g/mol. The van der Waals surface area contributed by atoms with Gasteiger partial charge < -0.3 is 19.7 Å². The molecule has 0 bridgehead atoms. The summed E-state index contributed by atoms with van der Waals surface area (Å²) >= 11 is 0. The van der Waals surface area contributed by atoms with Crippen LogP contribution in [0, 0.1) is 12.7 Å². The Morgan fingerprint density at radius 1 is 1.24 bits per heavy atom. The molecule has 2 aliphatic heterocycles. The lowest BCUT2D eigenvalue weighted by Crippen LogP contribution is -2.44. The van der Waals surface area contributed by atoms with E-state index in [1.165, 1.54) is 6.07 Å². The van der Waals surface area contributed by atoms with Crippen molar-refractivity contribution in [1.29, 1.82) is 0 Å². The molecule has 8 heteroatoms. The quantitative estimate of drug-likeness (QED) is 0.396. The number of hydrogen-bond acceptors (Lipinski definition) is 6. The van der Waals surface area contributed by atoms with E-state index in [2.05, 4.69) is 19.2 Å². The van der Waals surface area contributed by atoms with E-state index in [9.17, 15) is 19.1 Å². The average Bonchev–Trinajstić information content (AvgIpc) is 3.25. The van der Waals surface area contributed by atoms with Crippen LogP contribution >= 0.6 is 0 Å². The van der Waals surface area contributed by atoms with E-state index in [1.54, 1.807) is 17.6 Å². The second-order valence-electron chi connectivity index (χ2n) is 10.2. The van der Waals surface area contributed by atoms with Gasteiger partial charge in [-0.1, -0.05) is 34.6 Å². The molecule has 0 radical (unpaired) electrons. The first-order valence-electron chi connectivity index (χ1n) is 13.2. The highest BCUT2D eigenvalue weighted by molar-refractivity contribution is 5.93. The number of esters is 1. The molecule has 2 atom stereocenters. The molecule has 0 saturated carbocycles. The number of nitrogens with one attached hydrogen (secondary N) is 1. The van der Waals surface area contributed by atoms with Crippen molar-refractivity contribution in [2.45, 2.75) is 91.6 Å². The van der Waals surface area contributed by atoms with E-state index in [4.69, 9.17) is 9.72 Å². The third-order valence-electron chi connectivity index (χ3n) is 7.91. The lowest BCUT2D eigenvalue weighted by Gasteiger charge is -2.31. The second kappa shape index (κ2) is 9.03. The largest absolute Gasteiger partial charge is 0.458 e. The standard InChI is InChI=1S/C27H28FN3O4.C2H6/c1-5-27(34)17-8-21-24-15(10-31(21)25(32)16(17)11-35-26(27)33)23-19(29-12(2)3)7-6-14-13(4)18(28)9-20(30-24)22(14)23;1-2/h8-9,12,19,29,34H,5-7,10-11H2,1-4H3;1-2H3. The Morgan fingerprint density at radius 2 is 1.97 bits per heavy atom. The molecule has 4 heterocycles. The summed E-state index contributed by atoms with van der Waals surface area (Å²) in [6, 6.07) is 3.47. The van der Waals surface area contributed by atoms with Gasteiger partial charge in [0.05, 0.1) is 29.0 Å². The summed E-state index contributed by atoms with van der Waals surface area (Å²) in [5.41, 5.74) is 3.76. The van der Waals surface area contributed by atoms with Gasteiger partial charge >= 0.3 is 5.97 Å². The number of rotatable bonds is 3. The minimum atomic E-state index is -1.88. The number of aliphatic hydroxyl groups is 1. The van der Waals surface area contributed by atoms with Gasteiger partial charge in [-0.25, -0.2) is 14.2 Å². The van der Waals surface area contributed by atoms with Gasteiger partial charge in [-0.3, -0.25) is 4.79 Å². The van der Waals surface area contributed by atoms with Gasteiger partial charge in [0.2, 0.25) is 0 Å². The lowest BCUT2D eigenvalue weighted by molar-refractivity contribution is -0.172. The number of carbonyl (C=O) groups excluding carboxylic acids is 1. The Balaban J connectivity index is 0.00000137. The lowest BCUT2D eigenvalue weighted by atomic mass is 9.81. The number of hydrogen-bond donors (Lipinski definition) is 2. The summed E-state index contributed by atoms with van der Waals surface area (Å²) in [4.78, 5) is 30.9. The molecule has 7 nitrogen and oxygen atoms in total. The predicted molar refractivity (Wildman–Crippen MR) is 140 cm³/mol. The van der Waals surface area contributed by atoms with Crippen LogP contribution in [0.1, 0.15) is 86.9 Å². The van der Waals surface area contributed by atoms with Gasteiger partial charge in [-0.15, -0.1) is 0 Å². The van der Waals surface area contributed by atoms with Crippen molar-refractivity contribution in [2.75, 3.05) is 0 Å². The summed E-state index contributed by atoms with van der Waals surface area (Å²) in [7, 11) is 0. The van der Waals surface area contributed by atoms with Crippen molar-refractivity contribution in [1.82, 2.24) is 14.9 Å².